The molecule has 1 aromatic rings. The quantitative estimate of drug-likeness (QED) is 0.784. The molecule has 1 heterocycles. The van der Waals surface area contributed by atoms with Gasteiger partial charge < -0.3 is 4.84 Å². The molecule has 0 radical (unpaired) electrons. The van der Waals surface area contributed by atoms with Gasteiger partial charge in [-0.15, -0.1) is 0 Å². The van der Waals surface area contributed by atoms with Crippen LogP contribution in [0.2, 0.25) is 0 Å². The van der Waals surface area contributed by atoms with Crippen molar-refractivity contribution in [1.82, 2.24) is 5.06 Å². The van der Waals surface area contributed by atoms with Crippen LogP contribution in [0.25, 0.3) is 0 Å². The molecule has 2 saturated carbocycles. The van der Waals surface area contributed by atoms with Crippen molar-refractivity contribution in [1.29, 1.82) is 0 Å². The Bertz CT molecular complexity index is 613. The molecule has 22 heavy (non-hydrogen) atoms. The van der Waals surface area contributed by atoms with Crippen LogP contribution in [0.1, 0.15) is 52.8 Å². The Balaban J connectivity index is 1.44. The number of fused-ring (bicyclic) bond motifs is 1. The molecule has 3 aliphatic rings. The van der Waals surface area contributed by atoms with E-state index in [1.807, 2.05) is 0 Å². The molecule has 0 bridgehead atoms. The van der Waals surface area contributed by atoms with E-state index in [1.54, 1.807) is 24.3 Å². The highest BCUT2D eigenvalue weighted by Gasteiger charge is 2.44. The van der Waals surface area contributed by atoms with Gasteiger partial charge in [-0.1, -0.05) is 17.2 Å². The number of rotatable bonds is 5. The van der Waals surface area contributed by atoms with E-state index < -0.39 is 17.8 Å². The zero-order chi connectivity index (χ0) is 15.3. The number of hydrogen-bond donors (Lipinski definition) is 0. The Morgan fingerprint density at radius 3 is 2.00 bits per heavy atom. The molecule has 4 rings (SSSR count). The largest absolute Gasteiger partial charge is 0.333 e. The van der Waals surface area contributed by atoms with Crippen molar-refractivity contribution in [2.45, 2.75) is 32.1 Å². The van der Waals surface area contributed by atoms with Crippen LogP contribution in [0, 0.1) is 17.8 Å². The average molecular weight is 299 g/mol. The van der Waals surface area contributed by atoms with Crippen LogP contribution in [0.4, 0.5) is 0 Å². The third-order valence-corrected chi connectivity index (χ3v) is 4.81. The van der Waals surface area contributed by atoms with E-state index in [0.717, 1.165) is 0 Å². The van der Waals surface area contributed by atoms with Crippen molar-refractivity contribution >= 4 is 17.8 Å². The molecule has 0 atom stereocenters. The van der Waals surface area contributed by atoms with Gasteiger partial charge in [0.25, 0.3) is 11.8 Å². The van der Waals surface area contributed by atoms with E-state index in [9.17, 15) is 14.4 Å². The molecule has 0 aromatic heterocycles. The van der Waals surface area contributed by atoms with Gasteiger partial charge in [0.15, 0.2) is 0 Å². The lowest BCUT2D eigenvalue weighted by Gasteiger charge is -2.17. The number of carbonyl (C=O) groups excluding carboxylic acids is 3. The number of benzene rings is 1. The molecule has 5 nitrogen and oxygen atoms in total. The highest BCUT2D eigenvalue weighted by molar-refractivity contribution is 6.20. The van der Waals surface area contributed by atoms with Crippen molar-refractivity contribution < 1.29 is 19.2 Å². The predicted octanol–water partition coefficient (Wildman–Crippen LogP) is 2.57. The summed E-state index contributed by atoms with van der Waals surface area (Å²) in [7, 11) is 0. The number of hydrogen-bond acceptors (Lipinski definition) is 4. The number of imide groups is 1. The minimum atomic E-state index is -0.552. The molecule has 0 spiro atoms. The van der Waals surface area contributed by atoms with Crippen LogP contribution in [0.15, 0.2) is 24.3 Å². The molecule has 0 N–H and O–H groups in total. The summed E-state index contributed by atoms with van der Waals surface area (Å²) in [5, 5.41) is 0.615. The summed E-state index contributed by atoms with van der Waals surface area (Å²) in [6, 6.07) is 6.51. The Morgan fingerprint density at radius 2 is 1.55 bits per heavy atom. The lowest BCUT2D eigenvalue weighted by atomic mass is 9.94. The fraction of sp³-hybridized carbons (Fsp3) is 0.471. The highest BCUT2D eigenvalue weighted by Crippen LogP contribution is 2.50. The minimum Gasteiger partial charge on any atom is -0.330 e. The third-order valence-electron chi connectivity index (χ3n) is 4.81. The molecule has 114 valence electrons. The second kappa shape index (κ2) is 4.93. The normalized spacial score (nSPS) is 20.5. The first-order chi connectivity index (χ1) is 10.6. The topological polar surface area (TPSA) is 63.7 Å². The molecular formula is C17H17NO4. The third kappa shape index (κ3) is 2.30. The summed E-state index contributed by atoms with van der Waals surface area (Å²) in [5.74, 6) is 0.0390. The number of amides is 2. The Hall–Kier alpha value is -2.17. The summed E-state index contributed by atoms with van der Waals surface area (Å²) >= 11 is 0. The van der Waals surface area contributed by atoms with Gasteiger partial charge in [-0.25, -0.2) is 4.79 Å². The highest BCUT2D eigenvalue weighted by atomic mass is 16.7. The summed E-state index contributed by atoms with van der Waals surface area (Å²) in [6.07, 6.45) is 5.04. The second-order valence-electron chi connectivity index (χ2n) is 6.46. The minimum absolute atomic E-state index is 0.293. The van der Waals surface area contributed by atoms with Gasteiger partial charge in [0.1, 0.15) is 0 Å². The predicted molar refractivity (Wildman–Crippen MR) is 76.6 cm³/mol. The standard InChI is InChI=1S/C17H17NO4/c19-15(9-14(10-5-6-10)11-7-8-11)22-18-16(20)12-3-1-2-4-13(12)17(18)21/h1-4,10-11,14H,5-9H2. The zero-order valence-electron chi connectivity index (χ0n) is 12.2. The fourth-order valence-electron chi connectivity index (χ4n) is 3.35. The zero-order valence-corrected chi connectivity index (χ0v) is 12.2. The maximum absolute atomic E-state index is 12.1. The van der Waals surface area contributed by atoms with Crippen molar-refractivity contribution in [3.05, 3.63) is 35.4 Å². The van der Waals surface area contributed by atoms with Crippen LogP contribution >= 0.6 is 0 Å². The van der Waals surface area contributed by atoms with Crippen molar-refractivity contribution in [3.63, 3.8) is 0 Å². The average Bonchev–Trinajstić information content (AvgIpc) is 3.41. The summed E-state index contributed by atoms with van der Waals surface area (Å²) in [4.78, 5) is 41.5. The molecule has 2 amide bonds. The van der Waals surface area contributed by atoms with E-state index in [-0.39, 0.29) is 0 Å². The smallest absolute Gasteiger partial charge is 0.330 e. The van der Waals surface area contributed by atoms with Gasteiger partial charge in [-0.3, -0.25) is 9.59 Å². The second-order valence-corrected chi connectivity index (χ2v) is 6.46. The molecule has 1 aromatic carbocycles. The molecule has 2 fully saturated rings. The monoisotopic (exact) mass is 299 g/mol. The van der Waals surface area contributed by atoms with Gasteiger partial charge in [-0.05, 0) is 55.6 Å². The SMILES string of the molecule is O=C(CC(C1CC1)C1CC1)ON1C(=O)c2ccccc2C1=O. The Kier molecular flexibility index (Phi) is 3.03. The first kappa shape index (κ1) is 13.5. The fourth-order valence-corrected chi connectivity index (χ4v) is 3.35. The summed E-state index contributed by atoms with van der Waals surface area (Å²) in [5.41, 5.74) is 0.586. The maximum atomic E-state index is 12.1. The van der Waals surface area contributed by atoms with Gasteiger partial charge in [0.05, 0.1) is 17.5 Å². The van der Waals surface area contributed by atoms with E-state index >= 15 is 0 Å². The van der Waals surface area contributed by atoms with Gasteiger partial charge in [0, 0.05) is 0 Å². The van der Waals surface area contributed by atoms with E-state index in [1.165, 1.54) is 25.7 Å². The lowest BCUT2D eigenvalue weighted by Crippen LogP contribution is -2.33. The maximum Gasteiger partial charge on any atom is 0.333 e. The molecular weight excluding hydrogens is 282 g/mol. The van der Waals surface area contributed by atoms with Crippen LogP contribution in [-0.2, 0) is 9.63 Å². The van der Waals surface area contributed by atoms with E-state index in [2.05, 4.69) is 0 Å². The molecule has 1 aliphatic heterocycles. The van der Waals surface area contributed by atoms with E-state index in [0.29, 0.717) is 40.4 Å². The van der Waals surface area contributed by atoms with Crippen LogP contribution < -0.4 is 0 Å². The van der Waals surface area contributed by atoms with Crippen molar-refractivity contribution in [3.8, 4) is 0 Å². The number of carbonyl (C=O) groups is 3. The van der Waals surface area contributed by atoms with Crippen LogP contribution in [0.3, 0.4) is 0 Å². The molecule has 0 saturated heterocycles. The van der Waals surface area contributed by atoms with Crippen LogP contribution in [0.5, 0.6) is 0 Å². The lowest BCUT2D eigenvalue weighted by molar-refractivity contribution is -0.170. The van der Waals surface area contributed by atoms with Gasteiger partial charge in [-0.2, -0.15) is 0 Å². The molecule has 0 unspecified atom stereocenters. The number of nitrogens with zero attached hydrogens (tertiary/aromatic N) is 1. The van der Waals surface area contributed by atoms with Gasteiger partial charge >= 0.3 is 5.97 Å². The first-order valence-electron chi connectivity index (χ1n) is 7.84. The summed E-state index contributed by atoms with van der Waals surface area (Å²) < 4.78 is 0. The summed E-state index contributed by atoms with van der Waals surface area (Å²) in [6.45, 7) is 0. The molecule has 2 aliphatic carbocycles. The first-order valence-corrected chi connectivity index (χ1v) is 7.84. The number of hydroxylamine groups is 2. The van der Waals surface area contributed by atoms with Crippen LogP contribution in [-0.4, -0.2) is 22.8 Å². The van der Waals surface area contributed by atoms with E-state index in [4.69, 9.17) is 4.84 Å². The molecule has 5 heteroatoms. The van der Waals surface area contributed by atoms with Crippen molar-refractivity contribution in [2.75, 3.05) is 0 Å². The Morgan fingerprint density at radius 1 is 1.05 bits per heavy atom. The van der Waals surface area contributed by atoms with Crippen molar-refractivity contribution in [2.24, 2.45) is 17.8 Å². The Labute approximate surface area is 128 Å². The van der Waals surface area contributed by atoms with Gasteiger partial charge in [0.2, 0.25) is 0 Å².